The fourth-order valence-electron chi connectivity index (χ4n) is 2.93. The minimum atomic E-state index is 0.110. The van der Waals surface area contributed by atoms with Crippen LogP contribution < -0.4 is 10.2 Å². The predicted octanol–water partition coefficient (Wildman–Crippen LogP) is 0.964. The largest absolute Gasteiger partial charge is 0.324 e. The number of urea groups is 1. The molecule has 2 aliphatic heterocycles. The molecule has 1 aromatic carbocycles. The maximum absolute atomic E-state index is 12.4. The minimum absolute atomic E-state index is 0.110. The summed E-state index contributed by atoms with van der Waals surface area (Å²) in [7, 11) is 1.87. The van der Waals surface area contributed by atoms with Gasteiger partial charge in [0.05, 0.1) is 5.69 Å². The van der Waals surface area contributed by atoms with E-state index in [1.165, 1.54) is 5.56 Å². The lowest BCUT2D eigenvalue weighted by Gasteiger charge is -2.37. The zero-order chi connectivity index (χ0) is 13.9. The second kappa shape index (κ2) is 5.81. The molecule has 2 heterocycles. The molecule has 5 nitrogen and oxygen atoms in total. The van der Waals surface area contributed by atoms with E-state index >= 15 is 0 Å². The van der Waals surface area contributed by atoms with E-state index in [2.05, 4.69) is 22.3 Å². The number of carbonyl (C=O) groups excluding carboxylic acids is 1. The Morgan fingerprint density at radius 3 is 2.70 bits per heavy atom. The number of benzene rings is 1. The summed E-state index contributed by atoms with van der Waals surface area (Å²) in [5.41, 5.74) is 2.31. The number of hydrogen-bond acceptors (Lipinski definition) is 3. The molecule has 20 heavy (non-hydrogen) atoms. The van der Waals surface area contributed by atoms with E-state index in [0.29, 0.717) is 6.54 Å². The molecule has 0 bridgehead atoms. The van der Waals surface area contributed by atoms with Gasteiger partial charge in [-0.05, 0) is 11.6 Å². The van der Waals surface area contributed by atoms with Crippen LogP contribution in [0.2, 0.25) is 0 Å². The van der Waals surface area contributed by atoms with Gasteiger partial charge in [0.1, 0.15) is 0 Å². The molecule has 0 aromatic heterocycles. The van der Waals surface area contributed by atoms with Gasteiger partial charge in [-0.25, -0.2) is 4.79 Å². The highest BCUT2D eigenvalue weighted by molar-refractivity contribution is 5.94. The lowest BCUT2D eigenvalue weighted by molar-refractivity contribution is 0.205. The van der Waals surface area contributed by atoms with E-state index in [-0.39, 0.29) is 6.03 Å². The first-order chi connectivity index (χ1) is 9.75. The van der Waals surface area contributed by atoms with Crippen molar-refractivity contribution < 1.29 is 4.79 Å². The van der Waals surface area contributed by atoms with Crippen LogP contribution in [0.1, 0.15) is 5.56 Å². The van der Waals surface area contributed by atoms with Crippen LogP contribution in [0.5, 0.6) is 0 Å². The number of nitrogens with one attached hydrogen (secondary N) is 1. The number of anilines is 1. The van der Waals surface area contributed by atoms with Crippen molar-refractivity contribution in [3.05, 3.63) is 29.8 Å². The zero-order valence-corrected chi connectivity index (χ0v) is 12.0. The fourth-order valence-corrected chi connectivity index (χ4v) is 2.93. The molecular formula is C15H22N4O. The number of carbonyl (C=O) groups is 1. The molecule has 1 fully saturated rings. The Hall–Kier alpha value is -1.59. The van der Waals surface area contributed by atoms with Gasteiger partial charge in [-0.3, -0.25) is 9.80 Å². The lowest BCUT2D eigenvalue weighted by atomic mass is 10.1. The smallest absolute Gasteiger partial charge is 0.323 e. The molecule has 1 saturated heterocycles. The third kappa shape index (κ3) is 2.64. The van der Waals surface area contributed by atoms with Gasteiger partial charge in [-0.2, -0.15) is 0 Å². The second-order valence-corrected chi connectivity index (χ2v) is 5.51. The van der Waals surface area contributed by atoms with Gasteiger partial charge in [0.25, 0.3) is 0 Å². The number of hydrogen-bond donors (Lipinski definition) is 1. The van der Waals surface area contributed by atoms with Crippen molar-refractivity contribution in [3.8, 4) is 0 Å². The molecule has 2 aliphatic rings. The highest BCUT2D eigenvalue weighted by atomic mass is 16.2. The molecule has 3 rings (SSSR count). The highest BCUT2D eigenvalue weighted by Crippen LogP contribution is 2.27. The number of para-hydroxylation sites is 1. The minimum Gasteiger partial charge on any atom is -0.323 e. The van der Waals surface area contributed by atoms with Crippen LogP contribution in [-0.4, -0.2) is 62.1 Å². The first-order valence-electron chi connectivity index (χ1n) is 7.29. The summed E-state index contributed by atoms with van der Waals surface area (Å²) in [6.45, 7) is 6.64. The summed E-state index contributed by atoms with van der Waals surface area (Å²) in [4.78, 5) is 18.5. The summed E-state index contributed by atoms with van der Waals surface area (Å²) in [6, 6.07) is 8.32. The summed E-state index contributed by atoms with van der Waals surface area (Å²) >= 11 is 0. The Balaban J connectivity index is 1.72. The standard InChI is InChI=1S/C15H22N4O/c1-17-12-13-4-2-3-5-14(13)19(15(17)20)11-10-18-8-6-16-7-9-18/h2-5,16H,6-12H2,1H3. The Labute approximate surface area is 120 Å². The number of piperazine rings is 1. The third-order valence-corrected chi connectivity index (χ3v) is 4.10. The summed E-state index contributed by atoms with van der Waals surface area (Å²) in [6.07, 6.45) is 0. The van der Waals surface area contributed by atoms with Gasteiger partial charge in [0.15, 0.2) is 0 Å². The second-order valence-electron chi connectivity index (χ2n) is 5.51. The average Bonchev–Trinajstić information content (AvgIpc) is 2.49. The molecule has 2 amide bonds. The molecule has 0 radical (unpaired) electrons. The summed E-state index contributed by atoms with van der Waals surface area (Å²) in [5.74, 6) is 0. The highest BCUT2D eigenvalue weighted by Gasteiger charge is 2.27. The SMILES string of the molecule is CN1Cc2ccccc2N(CCN2CCNCC2)C1=O. The first kappa shape index (κ1) is 13.4. The molecule has 0 spiro atoms. The van der Waals surface area contributed by atoms with E-state index < -0.39 is 0 Å². The molecule has 108 valence electrons. The molecule has 0 unspecified atom stereocenters. The van der Waals surface area contributed by atoms with Crippen LogP contribution in [0.15, 0.2) is 24.3 Å². The van der Waals surface area contributed by atoms with E-state index in [0.717, 1.165) is 45.0 Å². The Bertz CT molecular complexity index is 485. The number of amides is 2. The average molecular weight is 274 g/mol. The maximum atomic E-state index is 12.4. The van der Waals surface area contributed by atoms with Crippen molar-refractivity contribution in [1.29, 1.82) is 0 Å². The zero-order valence-electron chi connectivity index (χ0n) is 12.0. The van der Waals surface area contributed by atoms with Crippen LogP contribution in [0, 0.1) is 0 Å². The Kier molecular flexibility index (Phi) is 3.89. The van der Waals surface area contributed by atoms with Crippen LogP contribution in [0.3, 0.4) is 0 Å². The van der Waals surface area contributed by atoms with Crippen molar-refractivity contribution in [2.75, 3.05) is 51.2 Å². The Morgan fingerprint density at radius 2 is 1.90 bits per heavy atom. The van der Waals surface area contributed by atoms with E-state index in [1.54, 1.807) is 4.90 Å². The van der Waals surface area contributed by atoms with Crippen molar-refractivity contribution >= 4 is 11.7 Å². The maximum Gasteiger partial charge on any atom is 0.324 e. The topological polar surface area (TPSA) is 38.8 Å². The monoisotopic (exact) mass is 274 g/mol. The van der Waals surface area contributed by atoms with E-state index in [9.17, 15) is 4.79 Å². The van der Waals surface area contributed by atoms with Gasteiger partial charge in [-0.1, -0.05) is 18.2 Å². The normalized spacial score (nSPS) is 20.1. The lowest BCUT2D eigenvalue weighted by Crippen LogP contribution is -2.50. The third-order valence-electron chi connectivity index (χ3n) is 4.10. The Morgan fingerprint density at radius 1 is 1.15 bits per heavy atom. The summed E-state index contributed by atoms with van der Waals surface area (Å²) in [5, 5.41) is 3.35. The van der Waals surface area contributed by atoms with Crippen LogP contribution >= 0.6 is 0 Å². The molecule has 1 N–H and O–H groups in total. The van der Waals surface area contributed by atoms with Gasteiger partial charge in [-0.15, -0.1) is 0 Å². The first-order valence-corrected chi connectivity index (χ1v) is 7.29. The fraction of sp³-hybridized carbons (Fsp3) is 0.533. The number of fused-ring (bicyclic) bond motifs is 1. The molecule has 5 heteroatoms. The van der Waals surface area contributed by atoms with Crippen LogP contribution in [0.25, 0.3) is 0 Å². The van der Waals surface area contributed by atoms with Gasteiger partial charge < -0.3 is 10.2 Å². The van der Waals surface area contributed by atoms with E-state index in [1.807, 2.05) is 24.1 Å². The van der Waals surface area contributed by atoms with Gasteiger partial charge in [0.2, 0.25) is 0 Å². The van der Waals surface area contributed by atoms with E-state index in [4.69, 9.17) is 0 Å². The summed E-state index contributed by atoms with van der Waals surface area (Å²) < 4.78 is 0. The molecule has 0 atom stereocenters. The van der Waals surface area contributed by atoms with Crippen LogP contribution in [0.4, 0.5) is 10.5 Å². The van der Waals surface area contributed by atoms with Crippen molar-refractivity contribution in [3.63, 3.8) is 0 Å². The van der Waals surface area contributed by atoms with Gasteiger partial charge in [0, 0.05) is 52.9 Å². The molecular weight excluding hydrogens is 252 g/mol. The molecule has 0 aliphatic carbocycles. The number of rotatable bonds is 3. The molecule has 0 saturated carbocycles. The van der Waals surface area contributed by atoms with Gasteiger partial charge >= 0.3 is 6.03 Å². The number of nitrogens with zero attached hydrogens (tertiary/aromatic N) is 3. The van der Waals surface area contributed by atoms with Crippen molar-refractivity contribution in [2.24, 2.45) is 0 Å². The van der Waals surface area contributed by atoms with Crippen molar-refractivity contribution in [2.45, 2.75) is 6.54 Å². The predicted molar refractivity (Wildman–Crippen MR) is 80.0 cm³/mol. The van der Waals surface area contributed by atoms with Crippen molar-refractivity contribution in [1.82, 2.24) is 15.1 Å². The van der Waals surface area contributed by atoms with Crippen LogP contribution in [-0.2, 0) is 6.54 Å². The molecule has 1 aromatic rings. The quantitative estimate of drug-likeness (QED) is 0.892.